The third kappa shape index (κ3) is 3.83. The summed E-state index contributed by atoms with van der Waals surface area (Å²) in [6.07, 6.45) is 2.89. The van der Waals surface area contributed by atoms with Crippen molar-refractivity contribution in [3.8, 4) is 0 Å². The van der Waals surface area contributed by atoms with E-state index in [1.165, 1.54) is 5.56 Å². The molecular weight excluding hydrogens is 250 g/mol. The van der Waals surface area contributed by atoms with Gasteiger partial charge in [-0.3, -0.25) is 9.69 Å². The number of carboxylic acids is 1. The fourth-order valence-electron chi connectivity index (χ4n) is 3.22. The second-order valence-corrected chi connectivity index (χ2v) is 6.23. The van der Waals surface area contributed by atoms with E-state index < -0.39 is 5.97 Å². The van der Waals surface area contributed by atoms with E-state index in [-0.39, 0.29) is 6.04 Å². The lowest BCUT2D eigenvalue weighted by atomic mass is 9.89. The molecule has 0 radical (unpaired) electrons. The monoisotopic (exact) mass is 275 g/mol. The Bertz CT molecular complexity index is 430. The van der Waals surface area contributed by atoms with Gasteiger partial charge in [-0.25, -0.2) is 0 Å². The first-order valence-electron chi connectivity index (χ1n) is 7.59. The highest BCUT2D eigenvalue weighted by Crippen LogP contribution is 2.28. The van der Waals surface area contributed by atoms with Gasteiger partial charge in [0.05, 0.1) is 0 Å². The Hall–Kier alpha value is -1.35. The highest BCUT2D eigenvalue weighted by Gasteiger charge is 2.32. The van der Waals surface area contributed by atoms with Gasteiger partial charge >= 0.3 is 5.97 Å². The molecule has 1 N–H and O–H groups in total. The maximum absolute atomic E-state index is 11.3. The van der Waals surface area contributed by atoms with Crippen molar-refractivity contribution in [2.24, 2.45) is 5.92 Å². The zero-order valence-corrected chi connectivity index (χ0v) is 12.5. The third-order valence-electron chi connectivity index (χ3n) is 4.13. The first-order chi connectivity index (χ1) is 9.58. The SMILES string of the molecule is CC(C)CC(CN1CCC[C@H]1C(=O)O)c1ccccc1. The van der Waals surface area contributed by atoms with Crippen LogP contribution in [0, 0.1) is 5.92 Å². The summed E-state index contributed by atoms with van der Waals surface area (Å²) in [6, 6.07) is 10.2. The van der Waals surface area contributed by atoms with E-state index in [0.717, 1.165) is 32.4 Å². The van der Waals surface area contributed by atoms with Crippen LogP contribution in [0.4, 0.5) is 0 Å². The van der Waals surface area contributed by atoms with E-state index in [0.29, 0.717) is 11.8 Å². The Morgan fingerprint density at radius 2 is 2.05 bits per heavy atom. The minimum absolute atomic E-state index is 0.284. The molecule has 1 aromatic rings. The molecule has 20 heavy (non-hydrogen) atoms. The lowest BCUT2D eigenvalue weighted by molar-refractivity contribution is -0.142. The quantitative estimate of drug-likeness (QED) is 0.865. The van der Waals surface area contributed by atoms with E-state index in [1.807, 2.05) is 6.07 Å². The maximum atomic E-state index is 11.3. The van der Waals surface area contributed by atoms with Crippen molar-refractivity contribution >= 4 is 5.97 Å². The molecule has 1 saturated heterocycles. The molecule has 1 fully saturated rings. The highest BCUT2D eigenvalue weighted by atomic mass is 16.4. The van der Waals surface area contributed by atoms with Crippen LogP contribution in [-0.2, 0) is 4.79 Å². The molecule has 3 heteroatoms. The van der Waals surface area contributed by atoms with E-state index in [2.05, 4.69) is 43.0 Å². The molecule has 1 aliphatic rings. The number of rotatable bonds is 6. The summed E-state index contributed by atoms with van der Waals surface area (Å²) in [5.74, 6) is 0.376. The predicted octanol–water partition coefficient (Wildman–Crippen LogP) is 3.37. The van der Waals surface area contributed by atoms with E-state index in [1.54, 1.807) is 0 Å². The lowest BCUT2D eigenvalue weighted by Crippen LogP contribution is -2.38. The minimum Gasteiger partial charge on any atom is -0.480 e. The van der Waals surface area contributed by atoms with Gasteiger partial charge in [-0.15, -0.1) is 0 Å². The van der Waals surface area contributed by atoms with E-state index >= 15 is 0 Å². The molecule has 110 valence electrons. The summed E-state index contributed by atoms with van der Waals surface area (Å²) in [5.41, 5.74) is 1.33. The largest absolute Gasteiger partial charge is 0.480 e. The number of carboxylic acid groups (broad SMARTS) is 1. The zero-order valence-electron chi connectivity index (χ0n) is 12.5. The van der Waals surface area contributed by atoms with Crippen molar-refractivity contribution in [2.45, 2.75) is 45.1 Å². The highest BCUT2D eigenvalue weighted by molar-refractivity contribution is 5.73. The summed E-state index contributed by atoms with van der Waals surface area (Å²) in [5, 5.41) is 9.31. The Morgan fingerprint density at radius 1 is 1.35 bits per heavy atom. The molecule has 0 aromatic heterocycles. The van der Waals surface area contributed by atoms with Gasteiger partial charge in [-0.1, -0.05) is 44.2 Å². The van der Waals surface area contributed by atoms with Crippen LogP contribution in [0.3, 0.4) is 0 Å². The molecule has 0 aliphatic carbocycles. The van der Waals surface area contributed by atoms with Crippen molar-refractivity contribution in [3.05, 3.63) is 35.9 Å². The number of carbonyl (C=O) groups is 1. The van der Waals surface area contributed by atoms with Gasteiger partial charge in [0.15, 0.2) is 0 Å². The van der Waals surface area contributed by atoms with Crippen molar-refractivity contribution in [3.63, 3.8) is 0 Å². The molecule has 0 amide bonds. The molecular formula is C17H25NO2. The smallest absolute Gasteiger partial charge is 0.320 e. The van der Waals surface area contributed by atoms with Crippen LogP contribution in [0.15, 0.2) is 30.3 Å². The molecule has 2 rings (SSSR count). The molecule has 0 spiro atoms. The predicted molar refractivity (Wildman–Crippen MR) is 80.9 cm³/mol. The number of aliphatic carboxylic acids is 1. The standard InChI is InChI=1S/C17H25NO2/c1-13(2)11-15(14-7-4-3-5-8-14)12-18-10-6-9-16(18)17(19)20/h3-5,7-8,13,15-16H,6,9-12H2,1-2H3,(H,19,20)/t15?,16-/m0/s1. The number of benzene rings is 1. The van der Waals surface area contributed by atoms with Gasteiger partial charge in [0.1, 0.15) is 6.04 Å². The van der Waals surface area contributed by atoms with Gasteiger partial charge in [0.2, 0.25) is 0 Å². The summed E-state index contributed by atoms with van der Waals surface area (Å²) in [4.78, 5) is 13.5. The third-order valence-corrected chi connectivity index (χ3v) is 4.13. The molecule has 1 aliphatic heterocycles. The molecule has 1 heterocycles. The number of likely N-dealkylation sites (tertiary alicyclic amines) is 1. The van der Waals surface area contributed by atoms with Gasteiger partial charge in [-0.05, 0) is 43.2 Å². The Labute approximate surface area is 121 Å². The van der Waals surface area contributed by atoms with Gasteiger partial charge in [0.25, 0.3) is 0 Å². The second kappa shape index (κ2) is 6.89. The van der Waals surface area contributed by atoms with Gasteiger partial charge < -0.3 is 5.11 Å². The van der Waals surface area contributed by atoms with Gasteiger partial charge in [0, 0.05) is 6.54 Å². The Kier molecular flexibility index (Phi) is 5.18. The average molecular weight is 275 g/mol. The molecule has 0 bridgehead atoms. The fraction of sp³-hybridized carbons (Fsp3) is 0.588. The summed E-state index contributed by atoms with van der Waals surface area (Å²) in [7, 11) is 0. The van der Waals surface area contributed by atoms with Crippen molar-refractivity contribution in [1.29, 1.82) is 0 Å². The first-order valence-corrected chi connectivity index (χ1v) is 7.59. The topological polar surface area (TPSA) is 40.5 Å². The van der Waals surface area contributed by atoms with Crippen LogP contribution in [0.1, 0.15) is 44.6 Å². The molecule has 2 atom stereocenters. The summed E-state index contributed by atoms with van der Waals surface area (Å²) < 4.78 is 0. The number of nitrogens with zero attached hydrogens (tertiary/aromatic N) is 1. The van der Waals surface area contributed by atoms with Crippen LogP contribution in [0.5, 0.6) is 0 Å². The lowest BCUT2D eigenvalue weighted by Gasteiger charge is -2.28. The maximum Gasteiger partial charge on any atom is 0.320 e. The zero-order chi connectivity index (χ0) is 14.5. The summed E-state index contributed by atoms with van der Waals surface area (Å²) >= 11 is 0. The Morgan fingerprint density at radius 3 is 2.65 bits per heavy atom. The van der Waals surface area contributed by atoms with Crippen LogP contribution in [0.2, 0.25) is 0 Å². The number of hydrogen-bond donors (Lipinski definition) is 1. The second-order valence-electron chi connectivity index (χ2n) is 6.23. The van der Waals surface area contributed by atoms with E-state index in [9.17, 15) is 9.90 Å². The average Bonchev–Trinajstić information content (AvgIpc) is 2.87. The normalized spacial score (nSPS) is 21.2. The molecule has 1 unspecified atom stereocenters. The fourth-order valence-corrected chi connectivity index (χ4v) is 3.22. The molecule has 0 saturated carbocycles. The van der Waals surface area contributed by atoms with Crippen LogP contribution in [-0.4, -0.2) is 35.1 Å². The van der Waals surface area contributed by atoms with Crippen LogP contribution >= 0.6 is 0 Å². The van der Waals surface area contributed by atoms with E-state index in [4.69, 9.17) is 0 Å². The van der Waals surface area contributed by atoms with Crippen LogP contribution < -0.4 is 0 Å². The van der Waals surface area contributed by atoms with Crippen molar-refractivity contribution < 1.29 is 9.90 Å². The first kappa shape index (κ1) is 15.0. The van der Waals surface area contributed by atoms with Crippen LogP contribution in [0.25, 0.3) is 0 Å². The van der Waals surface area contributed by atoms with Crippen molar-refractivity contribution in [2.75, 3.05) is 13.1 Å². The van der Waals surface area contributed by atoms with Gasteiger partial charge in [-0.2, -0.15) is 0 Å². The molecule has 1 aromatic carbocycles. The Balaban J connectivity index is 2.10. The summed E-state index contributed by atoms with van der Waals surface area (Å²) in [6.45, 7) is 6.24. The number of hydrogen-bond acceptors (Lipinski definition) is 2. The molecule has 3 nitrogen and oxygen atoms in total. The van der Waals surface area contributed by atoms with Crippen molar-refractivity contribution in [1.82, 2.24) is 4.90 Å². The minimum atomic E-state index is -0.668.